The maximum Gasteiger partial charge on any atom is 0.233 e. The molecule has 6 heteroatoms. The molecule has 1 heterocycles. The van der Waals surface area contributed by atoms with Crippen LogP contribution in [0.5, 0.6) is 17.2 Å². The fourth-order valence-corrected chi connectivity index (χ4v) is 3.88. The van der Waals surface area contributed by atoms with Crippen LogP contribution < -0.4 is 19.1 Å². The highest BCUT2D eigenvalue weighted by molar-refractivity contribution is 6.03. The first-order chi connectivity index (χ1) is 15.1. The molecule has 0 radical (unpaired) electrons. The van der Waals surface area contributed by atoms with E-state index >= 15 is 0 Å². The van der Waals surface area contributed by atoms with E-state index in [4.69, 9.17) is 14.2 Å². The second kappa shape index (κ2) is 9.08. The second-order valence-electron chi connectivity index (χ2n) is 7.32. The van der Waals surface area contributed by atoms with Gasteiger partial charge in [0.2, 0.25) is 5.91 Å². The van der Waals surface area contributed by atoms with Crippen molar-refractivity contribution in [3.8, 4) is 17.2 Å². The molecule has 1 aliphatic rings. The lowest BCUT2D eigenvalue weighted by Crippen LogP contribution is -2.55. The van der Waals surface area contributed by atoms with Crippen molar-refractivity contribution in [3.63, 3.8) is 0 Å². The van der Waals surface area contributed by atoms with Gasteiger partial charge in [-0.15, -0.1) is 0 Å². The third-order valence-corrected chi connectivity index (χ3v) is 5.53. The van der Waals surface area contributed by atoms with Crippen LogP contribution in [0.15, 0.2) is 72.8 Å². The molecule has 0 unspecified atom stereocenters. The van der Waals surface area contributed by atoms with E-state index in [-0.39, 0.29) is 23.7 Å². The molecule has 0 spiro atoms. The van der Waals surface area contributed by atoms with Crippen molar-refractivity contribution in [1.29, 1.82) is 0 Å². The zero-order valence-corrected chi connectivity index (χ0v) is 17.5. The van der Waals surface area contributed by atoms with Gasteiger partial charge < -0.3 is 19.1 Å². The number of rotatable bonds is 8. The van der Waals surface area contributed by atoms with Crippen molar-refractivity contribution in [2.24, 2.45) is 5.92 Å². The van der Waals surface area contributed by atoms with Crippen LogP contribution in [0.4, 0.5) is 10.1 Å². The van der Waals surface area contributed by atoms with Crippen LogP contribution in [0, 0.1) is 11.7 Å². The zero-order valence-electron chi connectivity index (χ0n) is 17.5. The second-order valence-corrected chi connectivity index (χ2v) is 7.32. The van der Waals surface area contributed by atoms with Crippen molar-refractivity contribution in [1.82, 2.24) is 0 Å². The van der Waals surface area contributed by atoms with Crippen LogP contribution in [0.1, 0.15) is 18.0 Å². The molecule has 3 aromatic carbocycles. The summed E-state index contributed by atoms with van der Waals surface area (Å²) in [6.45, 7) is 0.366. The largest absolute Gasteiger partial charge is 0.497 e. The van der Waals surface area contributed by atoms with E-state index in [9.17, 15) is 9.18 Å². The Morgan fingerprint density at radius 1 is 0.806 bits per heavy atom. The number of halogens is 1. The van der Waals surface area contributed by atoms with Crippen molar-refractivity contribution < 1.29 is 23.4 Å². The first-order valence-electron chi connectivity index (χ1n) is 10.1. The van der Waals surface area contributed by atoms with E-state index in [2.05, 4.69) is 0 Å². The van der Waals surface area contributed by atoms with Crippen molar-refractivity contribution in [2.75, 3.05) is 25.7 Å². The highest BCUT2D eigenvalue weighted by Gasteiger charge is 2.48. The van der Waals surface area contributed by atoms with Gasteiger partial charge >= 0.3 is 0 Å². The summed E-state index contributed by atoms with van der Waals surface area (Å²) in [6.07, 6.45) is 0.555. The summed E-state index contributed by atoms with van der Waals surface area (Å²) in [5.74, 6) is 1.62. The molecular formula is C25H24FNO4. The molecule has 1 fully saturated rings. The summed E-state index contributed by atoms with van der Waals surface area (Å²) in [4.78, 5) is 14.9. The summed E-state index contributed by atoms with van der Waals surface area (Å²) in [5.41, 5.74) is 1.85. The minimum Gasteiger partial charge on any atom is -0.497 e. The number of β-lactam (4-membered cyclic amide) rings is 1. The number of amides is 1. The van der Waals surface area contributed by atoms with Gasteiger partial charge in [0.25, 0.3) is 0 Å². The molecule has 0 aromatic heterocycles. The monoisotopic (exact) mass is 421 g/mol. The van der Waals surface area contributed by atoms with E-state index < -0.39 is 0 Å². The molecule has 1 aliphatic heterocycles. The number of nitrogens with zero attached hydrogens (tertiary/aromatic N) is 1. The van der Waals surface area contributed by atoms with Crippen LogP contribution in [0.25, 0.3) is 0 Å². The Morgan fingerprint density at radius 2 is 1.35 bits per heavy atom. The minimum absolute atomic E-state index is 0.0497. The van der Waals surface area contributed by atoms with Gasteiger partial charge in [-0.1, -0.05) is 12.1 Å². The standard InChI is InChI=1S/C25H24FNO4/c1-29-20-9-3-17(4-10-20)24-23(15-16-31-22-11-5-18(26)6-12-22)25(28)27(24)19-7-13-21(30-2)14-8-19/h3-14,23-24H,15-16H2,1-2H3/t23-,24-/m1/s1. The Hall–Kier alpha value is -3.54. The lowest BCUT2D eigenvalue weighted by molar-refractivity contribution is -0.131. The number of benzene rings is 3. The first kappa shape index (κ1) is 20.7. The third kappa shape index (κ3) is 4.33. The average Bonchev–Trinajstić information content (AvgIpc) is 2.81. The third-order valence-electron chi connectivity index (χ3n) is 5.53. The number of ether oxygens (including phenoxy) is 3. The molecule has 1 amide bonds. The molecule has 3 aromatic rings. The zero-order chi connectivity index (χ0) is 21.8. The molecule has 31 heavy (non-hydrogen) atoms. The predicted molar refractivity (Wildman–Crippen MR) is 116 cm³/mol. The Labute approximate surface area is 181 Å². The van der Waals surface area contributed by atoms with Crippen molar-refractivity contribution >= 4 is 11.6 Å². The average molecular weight is 421 g/mol. The molecule has 2 atom stereocenters. The minimum atomic E-state index is -0.309. The molecule has 0 aliphatic carbocycles. The number of carbonyl (C=O) groups excluding carboxylic acids is 1. The van der Waals surface area contributed by atoms with Crippen LogP contribution in [0.2, 0.25) is 0 Å². The first-order valence-corrected chi connectivity index (χ1v) is 10.1. The molecular weight excluding hydrogens is 397 g/mol. The SMILES string of the molecule is COc1ccc([C@@H]2[C@@H](CCOc3ccc(F)cc3)C(=O)N2c2ccc(OC)cc2)cc1. The van der Waals surface area contributed by atoms with Gasteiger partial charge in [-0.3, -0.25) is 4.79 Å². The fraction of sp³-hybridized carbons (Fsp3) is 0.240. The number of anilines is 1. The fourth-order valence-electron chi connectivity index (χ4n) is 3.88. The van der Waals surface area contributed by atoms with E-state index in [1.165, 1.54) is 12.1 Å². The Bertz CT molecular complexity index is 1020. The van der Waals surface area contributed by atoms with Crippen molar-refractivity contribution in [2.45, 2.75) is 12.5 Å². The van der Waals surface area contributed by atoms with Gasteiger partial charge in [-0.05, 0) is 72.6 Å². The maximum absolute atomic E-state index is 13.1. The molecule has 4 rings (SSSR count). The summed E-state index contributed by atoms with van der Waals surface area (Å²) in [6, 6.07) is 21.0. The van der Waals surface area contributed by atoms with Crippen LogP contribution >= 0.6 is 0 Å². The van der Waals surface area contributed by atoms with E-state index in [1.807, 2.05) is 53.4 Å². The topological polar surface area (TPSA) is 48.0 Å². The normalized spacial score (nSPS) is 17.8. The number of methoxy groups -OCH3 is 2. The van der Waals surface area contributed by atoms with Gasteiger partial charge in [-0.25, -0.2) is 4.39 Å². The molecule has 1 saturated heterocycles. The van der Waals surface area contributed by atoms with Gasteiger partial charge in [0, 0.05) is 5.69 Å². The summed E-state index contributed by atoms with van der Waals surface area (Å²) >= 11 is 0. The molecule has 0 bridgehead atoms. The predicted octanol–water partition coefficient (Wildman–Crippen LogP) is 5.02. The molecule has 5 nitrogen and oxygen atoms in total. The summed E-state index contributed by atoms with van der Waals surface area (Å²) < 4.78 is 29.3. The van der Waals surface area contributed by atoms with Crippen LogP contribution in [0.3, 0.4) is 0 Å². The Balaban J connectivity index is 1.52. The smallest absolute Gasteiger partial charge is 0.233 e. The van der Waals surface area contributed by atoms with E-state index in [1.54, 1.807) is 26.4 Å². The lowest BCUT2D eigenvalue weighted by Gasteiger charge is -2.47. The van der Waals surface area contributed by atoms with E-state index in [0.717, 1.165) is 22.7 Å². The van der Waals surface area contributed by atoms with Gasteiger partial charge in [0.1, 0.15) is 23.1 Å². The highest BCUT2D eigenvalue weighted by Crippen LogP contribution is 2.45. The van der Waals surface area contributed by atoms with Crippen LogP contribution in [-0.2, 0) is 4.79 Å². The van der Waals surface area contributed by atoms with Gasteiger partial charge in [-0.2, -0.15) is 0 Å². The molecule has 0 N–H and O–H groups in total. The number of carbonyl (C=O) groups is 1. The maximum atomic E-state index is 13.1. The van der Waals surface area contributed by atoms with E-state index in [0.29, 0.717) is 18.8 Å². The quantitative estimate of drug-likeness (QED) is 0.480. The number of hydrogen-bond acceptors (Lipinski definition) is 4. The Kier molecular flexibility index (Phi) is 6.07. The Morgan fingerprint density at radius 3 is 1.94 bits per heavy atom. The highest BCUT2D eigenvalue weighted by atomic mass is 19.1. The lowest BCUT2D eigenvalue weighted by atomic mass is 9.80. The summed E-state index contributed by atoms with van der Waals surface area (Å²) in [5, 5.41) is 0. The van der Waals surface area contributed by atoms with Gasteiger partial charge in [0.05, 0.1) is 32.8 Å². The molecule has 0 saturated carbocycles. The molecule has 160 valence electrons. The number of hydrogen-bond donors (Lipinski definition) is 0. The van der Waals surface area contributed by atoms with Crippen molar-refractivity contribution in [3.05, 3.63) is 84.2 Å². The summed E-state index contributed by atoms with van der Waals surface area (Å²) in [7, 11) is 3.24. The van der Waals surface area contributed by atoms with Crippen LogP contribution in [-0.4, -0.2) is 26.7 Å². The van der Waals surface area contributed by atoms with Gasteiger partial charge in [0.15, 0.2) is 0 Å².